The van der Waals surface area contributed by atoms with E-state index in [0.717, 1.165) is 19.3 Å². The van der Waals surface area contributed by atoms with Crippen LogP contribution in [0.25, 0.3) is 0 Å². The van der Waals surface area contributed by atoms with Gasteiger partial charge in [-0.05, 0) is 31.1 Å². The van der Waals surface area contributed by atoms with Crippen molar-refractivity contribution in [2.24, 2.45) is 11.8 Å². The summed E-state index contributed by atoms with van der Waals surface area (Å²) in [4.78, 5) is 35.2. The topological polar surface area (TPSA) is 107 Å². The van der Waals surface area contributed by atoms with Crippen molar-refractivity contribution in [1.82, 2.24) is 10.2 Å². The van der Waals surface area contributed by atoms with Crippen molar-refractivity contribution in [3.63, 3.8) is 0 Å². The summed E-state index contributed by atoms with van der Waals surface area (Å²) in [5.74, 6) is -1.46. The number of rotatable bonds is 5. The number of nitrogens with zero attached hydrogens (tertiary/aromatic N) is 1. The van der Waals surface area contributed by atoms with E-state index in [0.29, 0.717) is 24.9 Å². The molecule has 1 fully saturated rings. The molecule has 21 heavy (non-hydrogen) atoms. The molecular formula is C14H24N2O5. The third-order valence-corrected chi connectivity index (χ3v) is 3.98. The maximum Gasteiger partial charge on any atom is 0.326 e. The number of nitrogens with one attached hydrogen (secondary N) is 1. The second-order valence-corrected chi connectivity index (χ2v) is 5.86. The van der Waals surface area contributed by atoms with Crippen molar-refractivity contribution in [3.8, 4) is 0 Å². The maximum absolute atomic E-state index is 12.1. The lowest BCUT2D eigenvalue weighted by Crippen LogP contribution is -2.49. The second-order valence-electron chi connectivity index (χ2n) is 5.86. The Kier molecular flexibility index (Phi) is 6.45. The highest BCUT2D eigenvalue weighted by Crippen LogP contribution is 2.24. The quantitative estimate of drug-likeness (QED) is 0.711. The van der Waals surface area contributed by atoms with E-state index < -0.39 is 30.4 Å². The van der Waals surface area contributed by atoms with Crippen molar-refractivity contribution >= 4 is 18.0 Å². The van der Waals surface area contributed by atoms with E-state index in [2.05, 4.69) is 19.2 Å². The Hall–Kier alpha value is -1.79. The van der Waals surface area contributed by atoms with E-state index in [-0.39, 0.29) is 0 Å². The van der Waals surface area contributed by atoms with E-state index in [1.807, 2.05) is 0 Å². The van der Waals surface area contributed by atoms with E-state index in [4.69, 9.17) is 10.2 Å². The number of aliphatic carboxylic acids is 2. The summed E-state index contributed by atoms with van der Waals surface area (Å²) in [6.45, 7) is 5.48. The van der Waals surface area contributed by atoms with Gasteiger partial charge in [0.05, 0.1) is 6.42 Å². The first-order valence-corrected chi connectivity index (χ1v) is 7.31. The van der Waals surface area contributed by atoms with Gasteiger partial charge in [0.1, 0.15) is 6.04 Å². The van der Waals surface area contributed by atoms with Crippen LogP contribution in [0.5, 0.6) is 0 Å². The number of likely N-dealkylation sites (tertiary alicyclic amines) is 1. The van der Waals surface area contributed by atoms with Gasteiger partial charge in [-0.15, -0.1) is 0 Å². The monoisotopic (exact) mass is 300 g/mol. The highest BCUT2D eigenvalue weighted by atomic mass is 16.4. The summed E-state index contributed by atoms with van der Waals surface area (Å²) in [6, 6.07) is -1.88. The number of urea groups is 1. The fourth-order valence-electron chi connectivity index (χ4n) is 2.61. The zero-order chi connectivity index (χ0) is 16.0. The normalized spacial score (nSPS) is 20.7. The highest BCUT2D eigenvalue weighted by molar-refractivity contribution is 5.86. The van der Waals surface area contributed by atoms with Crippen molar-refractivity contribution in [2.75, 3.05) is 13.1 Å². The lowest BCUT2D eigenvalue weighted by Gasteiger charge is -2.23. The SMILES string of the molecule is CC(C)C1CCCN(C(=O)N[C@H](CC(=O)O)C(=O)O)CC1. The number of hydrogen-bond acceptors (Lipinski definition) is 3. The van der Waals surface area contributed by atoms with Gasteiger partial charge in [0.2, 0.25) is 0 Å². The predicted molar refractivity (Wildman–Crippen MR) is 76.0 cm³/mol. The zero-order valence-electron chi connectivity index (χ0n) is 12.5. The molecule has 1 saturated heterocycles. The van der Waals surface area contributed by atoms with Crippen molar-refractivity contribution in [2.45, 2.75) is 45.6 Å². The van der Waals surface area contributed by atoms with Crippen LogP contribution in [0.4, 0.5) is 4.79 Å². The number of hydrogen-bond donors (Lipinski definition) is 3. The van der Waals surface area contributed by atoms with Crippen LogP contribution in [-0.4, -0.2) is 52.2 Å². The largest absolute Gasteiger partial charge is 0.481 e. The van der Waals surface area contributed by atoms with Crippen LogP contribution >= 0.6 is 0 Å². The van der Waals surface area contributed by atoms with Crippen LogP contribution < -0.4 is 5.32 Å². The summed E-state index contributed by atoms with van der Waals surface area (Å²) in [5, 5.41) is 19.9. The second kappa shape index (κ2) is 7.85. The van der Waals surface area contributed by atoms with Crippen LogP contribution in [-0.2, 0) is 9.59 Å². The summed E-state index contributed by atoms with van der Waals surface area (Å²) in [5.41, 5.74) is 0. The van der Waals surface area contributed by atoms with Crippen LogP contribution in [0.3, 0.4) is 0 Å². The van der Waals surface area contributed by atoms with Crippen LogP contribution in [0.2, 0.25) is 0 Å². The Balaban J connectivity index is 2.57. The number of carbonyl (C=O) groups excluding carboxylic acids is 1. The third kappa shape index (κ3) is 5.61. The van der Waals surface area contributed by atoms with Crippen molar-refractivity contribution < 1.29 is 24.6 Å². The third-order valence-electron chi connectivity index (χ3n) is 3.98. The molecule has 0 saturated carbocycles. The first-order valence-electron chi connectivity index (χ1n) is 7.31. The molecule has 1 aliphatic heterocycles. The molecule has 7 nitrogen and oxygen atoms in total. The van der Waals surface area contributed by atoms with Gasteiger partial charge in [0, 0.05) is 13.1 Å². The molecule has 1 rings (SSSR count). The standard InChI is InChI=1S/C14H24N2O5/c1-9(2)10-4-3-6-16(7-5-10)14(21)15-11(13(19)20)8-12(17)18/h9-11H,3-8H2,1-2H3,(H,15,21)(H,17,18)(H,19,20)/t10?,11-/m1/s1. The molecular weight excluding hydrogens is 276 g/mol. The highest BCUT2D eigenvalue weighted by Gasteiger charge is 2.27. The number of carboxylic acid groups (broad SMARTS) is 2. The molecule has 0 bridgehead atoms. The number of amides is 2. The molecule has 3 N–H and O–H groups in total. The fraction of sp³-hybridized carbons (Fsp3) is 0.786. The van der Waals surface area contributed by atoms with E-state index in [9.17, 15) is 14.4 Å². The van der Waals surface area contributed by atoms with Gasteiger partial charge in [-0.3, -0.25) is 4.79 Å². The van der Waals surface area contributed by atoms with Crippen molar-refractivity contribution in [3.05, 3.63) is 0 Å². The van der Waals surface area contributed by atoms with E-state index >= 15 is 0 Å². The minimum Gasteiger partial charge on any atom is -0.481 e. The molecule has 0 aromatic rings. The molecule has 0 aliphatic carbocycles. The van der Waals surface area contributed by atoms with Gasteiger partial charge < -0.3 is 20.4 Å². The summed E-state index contributed by atoms with van der Waals surface area (Å²) in [7, 11) is 0. The van der Waals surface area contributed by atoms with E-state index in [1.54, 1.807) is 4.90 Å². The Labute approximate surface area is 124 Å². The van der Waals surface area contributed by atoms with Gasteiger partial charge in [-0.25, -0.2) is 9.59 Å². The van der Waals surface area contributed by atoms with Gasteiger partial charge in [-0.1, -0.05) is 13.8 Å². The summed E-state index contributed by atoms with van der Waals surface area (Å²) >= 11 is 0. The smallest absolute Gasteiger partial charge is 0.326 e. The molecule has 1 heterocycles. The Bertz CT molecular complexity index is 397. The molecule has 2 amide bonds. The minimum atomic E-state index is -1.39. The van der Waals surface area contributed by atoms with Crippen LogP contribution in [0, 0.1) is 11.8 Å². The first kappa shape index (κ1) is 17.3. The minimum absolute atomic E-state index is 0.493. The Morgan fingerprint density at radius 2 is 1.86 bits per heavy atom. The molecule has 1 unspecified atom stereocenters. The molecule has 2 atom stereocenters. The predicted octanol–water partition coefficient (Wildman–Crippen LogP) is 1.38. The molecule has 0 spiro atoms. The number of carbonyl (C=O) groups is 3. The van der Waals surface area contributed by atoms with E-state index in [1.165, 1.54) is 0 Å². The molecule has 7 heteroatoms. The zero-order valence-corrected chi connectivity index (χ0v) is 12.5. The Morgan fingerprint density at radius 1 is 1.19 bits per heavy atom. The molecule has 0 aromatic heterocycles. The number of carboxylic acids is 2. The Morgan fingerprint density at radius 3 is 2.38 bits per heavy atom. The van der Waals surface area contributed by atoms with Crippen molar-refractivity contribution in [1.29, 1.82) is 0 Å². The van der Waals surface area contributed by atoms with Gasteiger partial charge >= 0.3 is 18.0 Å². The van der Waals surface area contributed by atoms with Crippen LogP contribution in [0.1, 0.15) is 39.5 Å². The van der Waals surface area contributed by atoms with Crippen LogP contribution in [0.15, 0.2) is 0 Å². The average Bonchev–Trinajstić information content (AvgIpc) is 2.62. The summed E-state index contributed by atoms with van der Waals surface area (Å²) < 4.78 is 0. The fourth-order valence-corrected chi connectivity index (χ4v) is 2.61. The first-order chi connectivity index (χ1) is 9.81. The average molecular weight is 300 g/mol. The molecule has 0 radical (unpaired) electrons. The van der Waals surface area contributed by atoms with Gasteiger partial charge in [-0.2, -0.15) is 0 Å². The molecule has 1 aliphatic rings. The molecule has 0 aromatic carbocycles. The van der Waals surface area contributed by atoms with Gasteiger partial charge in [0.15, 0.2) is 0 Å². The summed E-state index contributed by atoms with van der Waals surface area (Å²) in [6.07, 6.45) is 2.21. The lowest BCUT2D eigenvalue weighted by atomic mass is 9.89. The molecule has 120 valence electrons. The van der Waals surface area contributed by atoms with Gasteiger partial charge in [0.25, 0.3) is 0 Å². The lowest BCUT2D eigenvalue weighted by molar-refractivity contribution is -0.145. The maximum atomic E-state index is 12.1.